The van der Waals surface area contributed by atoms with Crippen LogP contribution in [0.15, 0.2) is 12.3 Å². The highest BCUT2D eigenvalue weighted by molar-refractivity contribution is 6.35. The molecule has 1 atom stereocenters. The van der Waals surface area contributed by atoms with Crippen molar-refractivity contribution in [2.24, 2.45) is 5.41 Å². The van der Waals surface area contributed by atoms with Crippen molar-refractivity contribution in [3.8, 4) is 0 Å². The fraction of sp³-hybridized carbons (Fsp3) is 0.571. The van der Waals surface area contributed by atoms with Crippen LogP contribution in [0.3, 0.4) is 0 Å². The minimum atomic E-state index is -0.603. The second-order valence-electron chi connectivity index (χ2n) is 5.93. The van der Waals surface area contributed by atoms with Gasteiger partial charge in [0.25, 0.3) is 0 Å². The number of aliphatic hydroxyl groups excluding tert-OH is 1. The maximum atomic E-state index is 11.6. The van der Waals surface area contributed by atoms with E-state index in [0.717, 1.165) is 0 Å². The van der Waals surface area contributed by atoms with Crippen molar-refractivity contribution in [2.45, 2.75) is 26.9 Å². The summed E-state index contributed by atoms with van der Waals surface area (Å²) < 4.78 is 0. The van der Waals surface area contributed by atoms with Crippen LogP contribution in [0, 0.1) is 5.41 Å². The number of aliphatic hydroxyl groups is 1. The lowest BCUT2D eigenvalue weighted by molar-refractivity contribution is 0.0650. The third-order valence-corrected chi connectivity index (χ3v) is 3.46. The largest absolute Gasteiger partial charge is 0.391 e. The van der Waals surface area contributed by atoms with Gasteiger partial charge in [0.1, 0.15) is 5.82 Å². The molecule has 22 heavy (non-hydrogen) atoms. The van der Waals surface area contributed by atoms with Gasteiger partial charge in [0.05, 0.1) is 16.1 Å². The second-order valence-corrected chi connectivity index (χ2v) is 6.77. The van der Waals surface area contributed by atoms with Gasteiger partial charge in [-0.1, -0.05) is 44.0 Å². The quantitative estimate of drug-likeness (QED) is 0.595. The number of halogens is 2. The Labute approximate surface area is 140 Å². The van der Waals surface area contributed by atoms with E-state index in [1.165, 1.54) is 6.20 Å². The first kappa shape index (κ1) is 18.8. The Hall–Kier alpha value is -1.24. The summed E-state index contributed by atoms with van der Waals surface area (Å²) in [6.07, 6.45) is 0.887. The topological polar surface area (TPSA) is 86.3 Å². The van der Waals surface area contributed by atoms with Crippen LogP contribution in [0.5, 0.6) is 0 Å². The maximum Gasteiger partial charge on any atom is 0.314 e. The number of nitrogens with zero attached hydrogens (tertiary/aromatic N) is 1. The molecule has 0 fully saturated rings. The molecule has 0 aliphatic carbocycles. The fourth-order valence-electron chi connectivity index (χ4n) is 1.46. The number of urea groups is 1. The summed E-state index contributed by atoms with van der Waals surface area (Å²) in [5.74, 6) is 0.511. The monoisotopic (exact) mass is 348 g/mol. The molecule has 1 aromatic rings. The van der Waals surface area contributed by atoms with Crippen molar-refractivity contribution in [1.82, 2.24) is 15.6 Å². The number of hydrogen-bond donors (Lipinski definition) is 4. The van der Waals surface area contributed by atoms with Gasteiger partial charge in [-0.3, -0.25) is 0 Å². The van der Waals surface area contributed by atoms with Gasteiger partial charge in [-0.15, -0.1) is 0 Å². The van der Waals surface area contributed by atoms with Crippen molar-refractivity contribution in [2.75, 3.05) is 25.0 Å². The molecule has 0 aromatic carbocycles. The van der Waals surface area contributed by atoms with Crippen molar-refractivity contribution in [3.63, 3.8) is 0 Å². The average molecular weight is 349 g/mol. The highest BCUT2D eigenvalue weighted by Gasteiger charge is 2.22. The number of hydrogen-bond acceptors (Lipinski definition) is 4. The summed E-state index contributed by atoms with van der Waals surface area (Å²) in [5.41, 5.74) is -0.272. The highest BCUT2D eigenvalue weighted by Crippen LogP contribution is 2.22. The van der Waals surface area contributed by atoms with Gasteiger partial charge >= 0.3 is 6.03 Å². The number of carbonyl (C=O) groups excluding carboxylic acids is 1. The van der Waals surface area contributed by atoms with Gasteiger partial charge in [-0.2, -0.15) is 0 Å². The standard InChI is InChI=1S/C14H22Cl2N4O2/c1-14(2,3)11(21)8-20-13(22)18-5-4-17-12-10(16)6-9(15)7-19-12/h6-7,11,21H,4-5,8H2,1-3H3,(H,17,19)(H2,18,20,22). The molecular weight excluding hydrogens is 327 g/mol. The van der Waals surface area contributed by atoms with E-state index in [2.05, 4.69) is 20.9 Å². The molecule has 8 heteroatoms. The van der Waals surface area contributed by atoms with Crippen LogP contribution < -0.4 is 16.0 Å². The third-order valence-electron chi connectivity index (χ3n) is 2.97. The molecule has 0 aliphatic heterocycles. The van der Waals surface area contributed by atoms with E-state index in [0.29, 0.717) is 29.0 Å². The van der Waals surface area contributed by atoms with E-state index in [9.17, 15) is 9.90 Å². The van der Waals surface area contributed by atoms with E-state index in [1.807, 2.05) is 20.8 Å². The number of carbonyl (C=O) groups is 1. The number of pyridine rings is 1. The minimum absolute atomic E-state index is 0.202. The van der Waals surface area contributed by atoms with Crippen LogP contribution in [0.2, 0.25) is 10.0 Å². The first-order valence-electron chi connectivity index (χ1n) is 6.95. The Bertz CT molecular complexity index is 506. The Morgan fingerprint density at radius 3 is 2.59 bits per heavy atom. The molecule has 6 nitrogen and oxygen atoms in total. The van der Waals surface area contributed by atoms with Gasteiger partial charge in [-0.25, -0.2) is 9.78 Å². The summed E-state index contributed by atoms with van der Waals surface area (Å²) in [4.78, 5) is 15.6. The zero-order valence-corrected chi connectivity index (χ0v) is 14.4. The minimum Gasteiger partial charge on any atom is -0.391 e. The van der Waals surface area contributed by atoms with Crippen molar-refractivity contribution in [1.29, 1.82) is 0 Å². The lowest BCUT2D eigenvalue weighted by Gasteiger charge is -2.25. The molecule has 1 rings (SSSR count). The van der Waals surface area contributed by atoms with Gasteiger partial charge in [-0.05, 0) is 11.5 Å². The number of aromatic nitrogens is 1. The van der Waals surface area contributed by atoms with Gasteiger partial charge in [0.2, 0.25) is 0 Å². The Kier molecular flexibility index (Phi) is 7.19. The summed E-state index contributed by atoms with van der Waals surface area (Å²) in [6, 6.07) is 1.26. The molecule has 0 saturated carbocycles. The zero-order valence-electron chi connectivity index (χ0n) is 12.9. The molecule has 1 heterocycles. The smallest absolute Gasteiger partial charge is 0.314 e. The van der Waals surface area contributed by atoms with E-state index in [-0.39, 0.29) is 18.0 Å². The van der Waals surface area contributed by atoms with E-state index < -0.39 is 6.10 Å². The molecule has 124 valence electrons. The molecule has 0 saturated heterocycles. The molecule has 0 spiro atoms. The van der Waals surface area contributed by atoms with Crippen molar-refractivity contribution < 1.29 is 9.90 Å². The van der Waals surface area contributed by atoms with Gasteiger partial charge < -0.3 is 21.1 Å². The van der Waals surface area contributed by atoms with Gasteiger partial charge in [0.15, 0.2) is 0 Å². The van der Waals surface area contributed by atoms with Crippen LogP contribution >= 0.6 is 23.2 Å². The number of anilines is 1. The van der Waals surface area contributed by atoms with Crippen molar-refractivity contribution in [3.05, 3.63) is 22.3 Å². The van der Waals surface area contributed by atoms with E-state index >= 15 is 0 Å². The summed E-state index contributed by atoms with van der Waals surface area (Å²) in [6.45, 7) is 6.77. The average Bonchev–Trinajstić information content (AvgIpc) is 2.41. The lowest BCUT2D eigenvalue weighted by atomic mass is 9.89. The number of nitrogens with one attached hydrogen (secondary N) is 3. The molecule has 1 unspecified atom stereocenters. The summed E-state index contributed by atoms with van der Waals surface area (Å²) in [5, 5.41) is 19.0. The molecule has 1 aromatic heterocycles. The number of rotatable bonds is 6. The predicted molar refractivity (Wildman–Crippen MR) is 89.6 cm³/mol. The SMILES string of the molecule is CC(C)(C)C(O)CNC(=O)NCCNc1ncc(Cl)cc1Cl. The van der Waals surface area contributed by atoms with Crippen LogP contribution in [0.25, 0.3) is 0 Å². The Balaban J connectivity index is 2.23. The first-order valence-corrected chi connectivity index (χ1v) is 7.70. The molecule has 2 amide bonds. The first-order chi connectivity index (χ1) is 10.2. The maximum absolute atomic E-state index is 11.6. The second kappa shape index (κ2) is 8.41. The molecule has 0 aliphatic rings. The molecule has 0 bridgehead atoms. The molecule has 0 radical (unpaired) electrons. The van der Waals surface area contributed by atoms with Crippen LogP contribution in [-0.4, -0.2) is 41.9 Å². The Morgan fingerprint density at radius 2 is 2.00 bits per heavy atom. The number of amides is 2. The highest BCUT2D eigenvalue weighted by atomic mass is 35.5. The Morgan fingerprint density at radius 1 is 1.32 bits per heavy atom. The predicted octanol–water partition coefficient (Wildman–Crippen LogP) is 2.51. The van der Waals surface area contributed by atoms with Crippen LogP contribution in [0.4, 0.5) is 10.6 Å². The third kappa shape index (κ3) is 6.68. The zero-order chi connectivity index (χ0) is 16.8. The fourth-order valence-corrected chi connectivity index (χ4v) is 1.91. The van der Waals surface area contributed by atoms with Crippen LogP contribution in [-0.2, 0) is 0 Å². The van der Waals surface area contributed by atoms with Crippen molar-refractivity contribution >= 4 is 35.1 Å². The summed E-state index contributed by atoms with van der Waals surface area (Å²) >= 11 is 11.7. The molecule has 4 N–H and O–H groups in total. The summed E-state index contributed by atoms with van der Waals surface area (Å²) in [7, 11) is 0. The normalized spacial score (nSPS) is 12.6. The molecular formula is C14H22Cl2N4O2. The lowest BCUT2D eigenvalue weighted by Crippen LogP contribution is -2.44. The van der Waals surface area contributed by atoms with E-state index in [1.54, 1.807) is 6.07 Å². The van der Waals surface area contributed by atoms with Gasteiger partial charge in [0, 0.05) is 25.8 Å². The van der Waals surface area contributed by atoms with Crippen LogP contribution in [0.1, 0.15) is 20.8 Å². The van der Waals surface area contributed by atoms with E-state index in [4.69, 9.17) is 23.2 Å².